The molecule has 2 atom stereocenters. The predicted molar refractivity (Wildman–Crippen MR) is 160 cm³/mol. The van der Waals surface area contributed by atoms with Crippen LogP contribution in [-0.2, 0) is 0 Å². The molecule has 6 nitrogen and oxygen atoms in total. The minimum atomic E-state index is 0.312. The Labute approximate surface area is 225 Å². The van der Waals surface area contributed by atoms with Gasteiger partial charge in [-0.15, -0.1) is 0 Å². The third-order valence-corrected chi connectivity index (χ3v) is 8.71. The second kappa shape index (κ2) is 10.3. The van der Waals surface area contributed by atoms with E-state index in [2.05, 4.69) is 81.1 Å². The zero-order chi connectivity index (χ0) is 25.3. The fourth-order valence-electron chi connectivity index (χ4n) is 6.76. The highest BCUT2D eigenvalue weighted by atomic mass is 15.2. The Morgan fingerprint density at radius 1 is 0.553 bits per heavy atom. The molecule has 4 heterocycles. The SMILES string of the molecule is c1ccc2c(N3CCCC3)cc(N[C@H]3CCCC[C@@H]3Nc3cc(N4CCCC4)c4ccccc4n3)nc2c1. The lowest BCUT2D eigenvalue weighted by molar-refractivity contribution is 0.422. The number of rotatable bonds is 6. The summed E-state index contributed by atoms with van der Waals surface area (Å²) in [5.74, 6) is 1.99. The molecule has 2 aromatic carbocycles. The molecule has 0 bridgehead atoms. The summed E-state index contributed by atoms with van der Waals surface area (Å²) in [4.78, 5) is 15.2. The van der Waals surface area contributed by atoms with Crippen LogP contribution in [0.25, 0.3) is 21.8 Å². The Bertz CT molecular complexity index is 1310. The van der Waals surface area contributed by atoms with Crippen molar-refractivity contribution in [3.63, 3.8) is 0 Å². The van der Waals surface area contributed by atoms with Gasteiger partial charge in [0.25, 0.3) is 0 Å². The van der Waals surface area contributed by atoms with E-state index < -0.39 is 0 Å². The molecule has 2 aliphatic heterocycles. The van der Waals surface area contributed by atoms with Crippen molar-refractivity contribution < 1.29 is 0 Å². The highest BCUT2D eigenvalue weighted by Crippen LogP contribution is 2.34. The molecule has 4 aromatic rings. The zero-order valence-corrected chi connectivity index (χ0v) is 22.2. The Morgan fingerprint density at radius 2 is 0.974 bits per heavy atom. The zero-order valence-electron chi connectivity index (χ0n) is 22.2. The molecule has 196 valence electrons. The molecule has 1 saturated carbocycles. The average Bonchev–Trinajstić information content (AvgIpc) is 3.69. The minimum Gasteiger partial charge on any atom is -0.371 e. The van der Waals surface area contributed by atoms with Crippen molar-refractivity contribution >= 4 is 44.8 Å². The molecule has 3 fully saturated rings. The van der Waals surface area contributed by atoms with E-state index in [-0.39, 0.29) is 0 Å². The average molecular weight is 507 g/mol. The molecule has 0 amide bonds. The molecule has 2 N–H and O–H groups in total. The van der Waals surface area contributed by atoms with E-state index >= 15 is 0 Å². The van der Waals surface area contributed by atoms with Crippen molar-refractivity contribution in [2.75, 3.05) is 46.6 Å². The highest BCUT2D eigenvalue weighted by molar-refractivity contribution is 5.94. The maximum absolute atomic E-state index is 5.06. The molecule has 0 spiro atoms. The third-order valence-electron chi connectivity index (χ3n) is 8.71. The van der Waals surface area contributed by atoms with Gasteiger partial charge in [0.15, 0.2) is 0 Å². The van der Waals surface area contributed by atoms with Gasteiger partial charge in [0.1, 0.15) is 11.6 Å². The van der Waals surface area contributed by atoms with Gasteiger partial charge in [0, 0.05) is 72.5 Å². The monoisotopic (exact) mass is 506 g/mol. The van der Waals surface area contributed by atoms with E-state index in [1.165, 1.54) is 60.7 Å². The molecule has 2 saturated heterocycles. The lowest BCUT2D eigenvalue weighted by Crippen LogP contribution is -2.42. The number of fused-ring (bicyclic) bond motifs is 2. The van der Waals surface area contributed by atoms with Gasteiger partial charge in [-0.05, 0) is 50.7 Å². The van der Waals surface area contributed by atoms with E-state index in [1.54, 1.807) is 0 Å². The van der Waals surface area contributed by atoms with E-state index in [0.717, 1.165) is 61.7 Å². The summed E-state index contributed by atoms with van der Waals surface area (Å²) < 4.78 is 0. The third kappa shape index (κ3) is 4.61. The quantitative estimate of drug-likeness (QED) is 0.299. The summed E-state index contributed by atoms with van der Waals surface area (Å²) in [6, 6.07) is 22.4. The van der Waals surface area contributed by atoms with Crippen molar-refractivity contribution in [1.82, 2.24) is 9.97 Å². The van der Waals surface area contributed by atoms with Gasteiger partial charge in [0.2, 0.25) is 0 Å². The number of nitrogens with zero attached hydrogens (tertiary/aromatic N) is 4. The highest BCUT2D eigenvalue weighted by Gasteiger charge is 2.27. The van der Waals surface area contributed by atoms with Crippen molar-refractivity contribution in [3.8, 4) is 0 Å². The van der Waals surface area contributed by atoms with Gasteiger partial charge >= 0.3 is 0 Å². The largest absolute Gasteiger partial charge is 0.371 e. The summed E-state index contributed by atoms with van der Waals surface area (Å²) in [5, 5.41) is 10.3. The Morgan fingerprint density at radius 3 is 1.42 bits per heavy atom. The van der Waals surface area contributed by atoms with Crippen LogP contribution in [0.1, 0.15) is 51.4 Å². The van der Waals surface area contributed by atoms with Crippen LogP contribution in [0.3, 0.4) is 0 Å². The summed E-state index contributed by atoms with van der Waals surface area (Å²) in [7, 11) is 0. The molecule has 0 unspecified atom stereocenters. The first-order chi connectivity index (χ1) is 18.8. The van der Waals surface area contributed by atoms with Crippen LogP contribution in [0.5, 0.6) is 0 Å². The van der Waals surface area contributed by atoms with Crippen LogP contribution in [0.2, 0.25) is 0 Å². The Kier molecular flexibility index (Phi) is 6.40. The summed E-state index contributed by atoms with van der Waals surface area (Å²) >= 11 is 0. The molecule has 2 aromatic heterocycles. The van der Waals surface area contributed by atoms with Crippen molar-refractivity contribution in [2.24, 2.45) is 0 Å². The molecule has 6 heteroatoms. The van der Waals surface area contributed by atoms with E-state index in [4.69, 9.17) is 9.97 Å². The van der Waals surface area contributed by atoms with E-state index in [0.29, 0.717) is 12.1 Å². The van der Waals surface area contributed by atoms with Crippen LogP contribution in [0.4, 0.5) is 23.0 Å². The van der Waals surface area contributed by atoms with Crippen LogP contribution < -0.4 is 20.4 Å². The van der Waals surface area contributed by atoms with Crippen LogP contribution >= 0.6 is 0 Å². The topological polar surface area (TPSA) is 56.3 Å². The smallest absolute Gasteiger partial charge is 0.129 e. The minimum absolute atomic E-state index is 0.312. The van der Waals surface area contributed by atoms with Gasteiger partial charge in [-0.25, -0.2) is 9.97 Å². The summed E-state index contributed by atoms with van der Waals surface area (Å²) in [5.41, 5.74) is 4.79. The lowest BCUT2D eigenvalue weighted by atomic mass is 9.90. The number of para-hydroxylation sites is 2. The Balaban J connectivity index is 1.18. The molecular formula is C32H38N6. The van der Waals surface area contributed by atoms with Gasteiger partial charge in [-0.3, -0.25) is 0 Å². The fraction of sp³-hybridized carbons (Fsp3) is 0.438. The first-order valence-electron chi connectivity index (χ1n) is 14.6. The molecule has 1 aliphatic carbocycles. The maximum Gasteiger partial charge on any atom is 0.129 e. The number of aromatic nitrogens is 2. The summed E-state index contributed by atoms with van der Waals surface area (Å²) in [6.45, 7) is 4.53. The maximum atomic E-state index is 5.06. The van der Waals surface area contributed by atoms with Crippen molar-refractivity contribution in [2.45, 2.75) is 63.5 Å². The van der Waals surface area contributed by atoms with Crippen LogP contribution in [-0.4, -0.2) is 48.2 Å². The molecule has 38 heavy (non-hydrogen) atoms. The second-order valence-corrected chi connectivity index (χ2v) is 11.3. The van der Waals surface area contributed by atoms with Crippen LogP contribution in [0.15, 0.2) is 60.7 Å². The lowest BCUT2D eigenvalue weighted by Gasteiger charge is -2.34. The van der Waals surface area contributed by atoms with Crippen molar-refractivity contribution in [3.05, 3.63) is 60.7 Å². The number of anilines is 4. The van der Waals surface area contributed by atoms with E-state index in [1.807, 2.05) is 0 Å². The molecule has 3 aliphatic rings. The molecular weight excluding hydrogens is 468 g/mol. The predicted octanol–water partition coefficient (Wildman–Crippen LogP) is 6.82. The number of benzene rings is 2. The normalized spacial score (nSPS) is 21.9. The van der Waals surface area contributed by atoms with Gasteiger partial charge < -0.3 is 20.4 Å². The fourth-order valence-corrected chi connectivity index (χ4v) is 6.76. The number of pyridine rings is 2. The number of hydrogen-bond acceptors (Lipinski definition) is 6. The molecule has 7 rings (SSSR count). The Hall–Kier alpha value is -3.54. The van der Waals surface area contributed by atoms with E-state index in [9.17, 15) is 0 Å². The second-order valence-electron chi connectivity index (χ2n) is 11.3. The number of hydrogen-bond donors (Lipinski definition) is 2. The number of nitrogens with one attached hydrogen (secondary N) is 2. The van der Waals surface area contributed by atoms with Gasteiger partial charge in [-0.1, -0.05) is 49.2 Å². The summed E-state index contributed by atoms with van der Waals surface area (Å²) in [6.07, 6.45) is 9.84. The molecule has 0 radical (unpaired) electrons. The first kappa shape index (κ1) is 23.6. The van der Waals surface area contributed by atoms with Crippen LogP contribution in [0, 0.1) is 0 Å². The van der Waals surface area contributed by atoms with Gasteiger partial charge in [0.05, 0.1) is 11.0 Å². The van der Waals surface area contributed by atoms with Gasteiger partial charge in [-0.2, -0.15) is 0 Å². The first-order valence-corrected chi connectivity index (χ1v) is 14.6. The standard InChI is InChI=1S/C32H38N6/c1-3-13-25-23(11-1)29(37-17-7-8-18-37)21-31(33-25)35-27-15-5-6-16-28(27)36-32-22-30(38-19-9-10-20-38)24-12-2-4-14-26(24)34-32/h1-4,11-14,21-22,27-28H,5-10,15-20H2,(H,33,35)(H,34,36)/t27-,28-/m0/s1. The van der Waals surface area contributed by atoms with Crippen molar-refractivity contribution in [1.29, 1.82) is 0 Å².